The topological polar surface area (TPSA) is 66.6 Å². The molecule has 2 rings (SSSR count). The van der Waals surface area contributed by atoms with Crippen LogP contribution in [0.1, 0.15) is 38.5 Å². The zero-order valence-corrected chi connectivity index (χ0v) is 10.9. The first-order valence-corrected chi connectivity index (χ1v) is 7.07. The van der Waals surface area contributed by atoms with Crippen molar-refractivity contribution in [2.24, 2.45) is 11.7 Å². The Balaban J connectivity index is 1.99. The SMILES string of the molecule is NC1C=CC(C(=O)N(CCO)C2CCCCC2)C1. The smallest absolute Gasteiger partial charge is 0.229 e. The van der Waals surface area contributed by atoms with E-state index in [0.717, 1.165) is 12.8 Å². The molecule has 0 aromatic carbocycles. The molecule has 2 aliphatic carbocycles. The molecule has 1 amide bonds. The fourth-order valence-corrected chi connectivity index (χ4v) is 3.10. The first kappa shape index (κ1) is 13.6. The highest BCUT2D eigenvalue weighted by atomic mass is 16.3. The van der Waals surface area contributed by atoms with Crippen molar-refractivity contribution in [3.05, 3.63) is 12.2 Å². The van der Waals surface area contributed by atoms with Gasteiger partial charge in [0.15, 0.2) is 0 Å². The van der Waals surface area contributed by atoms with Crippen molar-refractivity contribution in [2.75, 3.05) is 13.2 Å². The molecule has 2 unspecified atom stereocenters. The summed E-state index contributed by atoms with van der Waals surface area (Å²) in [4.78, 5) is 14.4. The first-order chi connectivity index (χ1) is 8.72. The van der Waals surface area contributed by atoms with Gasteiger partial charge in [-0.3, -0.25) is 4.79 Å². The second-order valence-electron chi connectivity index (χ2n) is 5.44. The van der Waals surface area contributed by atoms with E-state index in [9.17, 15) is 9.90 Å². The maximum absolute atomic E-state index is 12.5. The number of nitrogens with zero attached hydrogens (tertiary/aromatic N) is 1. The van der Waals surface area contributed by atoms with E-state index in [-0.39, 0.29) is 24.5 Å². The number of aliphatic hydroxyl groups excluding tert-OH is 1. The lowest BCUT2D eigenvalue weighted by Gasteiger charge is -2.35. The minimum atomic E-state index is -0.0755. The Labute approximate surface area is 109 Å². The van der Waals surface area contributed by atoms with Gasteiger partial charge in [-0.05, 0) is 19.3 Å². The molecular formula is C14H24N2O2. The lowest BCUT2D eigenvalue weighted by molar-refractivity contribution is -0.137. The zero-order chi connectivity index (χ0) is 13.0. The van der Waals surface area contributed by atoms with Gasteiger partial charge >= 0.3 is 0 Å². The normalized spacial score (nSPS) is 28.6. The highest BCUT2D eigenvalue weighted by molar-refractivity contribution is 5.81. The monoisotopic (exact) mass is 252 g/mol. The number of carbonyl (C=O) groups excluding carboxylic acids is 1. The Morgan fingerprint density at radius 2 is 2.00 bits per heavy atom. The molecule has 4 nitrogen and oxygen atoms in total. The molecule has 1 fully saturated rings. The van der Waals surface area contributed by atoms with Gasteiger partial charge in [0.05, 0.1) is 12.5 Å². The van der Waals surface area contributed by atoms with Crippen molar-refractivity contribution >= 4 is 5.91 Å². The second-order valence-corrected chi connectivity index (χ2v) is 5.44. The van der Waals surface area contributed by atoms with Crippen LogP contribution in [0.4, 0.5) is 0 Å². The third kappa shape index (κ3) is 3.12. The molecule has 102 valence electrons. The number of rotatable bonds is 4. The first-order valence-electron chi connectivity index (χ1n) is 7.07. The molecule has 0 bridgehead atoms. The van der Waals surface area contributed by atoms with Gasteiger partial charge in [-0.15, -0.1) is 0 Å². The number of carbonyl (C=O) groups is 1. The molecule has 0 saturated heterocycles. The molecule has 3 N–H and O–H groups in total. The Bertz CT molecular complexity index is 311. The van der Waals surface area contributed by atoms with E-state index in [2.05, 4.69) is 0 Å². The number of aliphatic hydroxyl groups is 1. The standard InChI is InChI=1S/C14H24N2O2/c15-12-7-6-11(10-12)14(18)16(8-9-17)13-4-2-1-3-5-13/h6-7,11-13,17H,1-5,8-10,15H2. The average molecular weight is 252 g/mol. The van der Waals surface area contributed by atoms with Crippen molar-refractivity contribution in [1.29, 1.82) is 0 Å². The van der Waals surface area contributed by atoms with Crippen LogP contribution in [0.15, 0.2) is 12.2 Å². The number of nitrogens with two attached hydrogens (primary N) is 1. The predicted octanol–water partition coefficient (Wildman–Crippen LogP) is 1.04. The van der Waals surface area contributed by atoms with Crippen molar-refractivity contribution in [3.8, 4) is 0 Å². The molecule has 0 heterocycles. The summed E-state index contributed by atoms with van der Waals surface area (Å²) in [5.41, 5.74) is 5.81. The minimum Gasteiger partial charge on any atom is -0.395 e. The molecule has 0 spiro atoms. The molecule has 0 aliphatic heterocycles. The van der Waals surface area contributed by atoms with Crippen LogP contribution in [0, 0.1) is 5.92 Å². The Morgan fingerprint density at radius 3 is 2.56 bits per heavy atom. The van der Waals surface area contributed by atoms with Gasteiger partial charge in [0.25, 0.3) is 0 Å². The van der Waals surface area contributed by atoms with Gasteiger partial charge in [-0.1, -0.05) is 31.4 Å². The van der Waals surface area contributed by atoms with E-state index in [1.165, 1.54) is 19.3 Å². The van der Waals surface area contributed by atoms with Crippen LogP contribution in [0.2, 0.25) is 0 Å². The fourth-order valence-electron chi connectivity index (χ4n) is 3.10. The molecule has 4 heteroatoms. The summed E-state index contributed by atoms with van der Waals surface area (Å²) in [5, 5.41) is 9.17. The van der Waals surface area contributed by atoms with Crippen LogP contribution >= 0.6 is 0 Å². The van der Waals surface area contributed by atoms with Gasteiger partial charge in [-0.2, -0.15) is 0 Å². The lowest BCUT2D eigenvalue weighted by atomic mass is 9.93. The zero-order valence-electron chi connectivity index (χ0n) is 10.9. The van der Waals surface area contributed by atoms with Gasteiger partial charge < -0.3 is 15.7 Å². The van der Waals surface area contributed by atoms with Crippen molar-refractivity contribution in [3.63, 3.8) is 0 Å². The van der Waals surface area contributed by atoms with E-state index >= 15 is 0 Å². The molecule has 0 aromatic rings. The summed E-state index contributed by atoms with van der Waals surface area (Å²) in [6.07, 6.45) is 10.4. The van der Waals surface area contributed by atoms with Crippen molar-refractivity contribution < 1.29 is 9.90 Å². The van der Waals surface area contributed by atoms with Gasteiger partial charge in [0.1, 0.15) is 0 Å². The maximum Gasteiger partial charge on any atom is 0.229 e. The lowest BCUT2D eigenvalue weighted by Crippen LogP contribution is -2.45. The van der Waals surface area contributed by atoms with E-state index in [1.807, 2.05) is 17.1 Å². The summed E-state index contributed by atoms with van der Waals surface area (Å²) in [7, 11) is 0. The summed E-state index contributed by atoms with van der Waals surface area (Å²) >= 11 is 0. The minimum absolute atomic E-state index is 0.0151. The van der Waals surface area contributed by atoms with Gasteiger partial charge in [-0.25, -0.2) is 0 Å². The molecule has 0 aromatic heterocycles. The van der Waals surface area contributed by atoms with Crippen LogP contribution in [0.3, 0.4) is 0 Å². The van der Waals surface area contributed by atoms with Crippen LogP contribution in [-0.4, -0.2) is 41.1 Å². The molecule has 2 aliphatic rings. The van der Waals surface area contributed by atoms with Crippen LogP contribution in [-0.2, 0) is 4.79 Å². The van der Waals surface area contributed by atoms with Crippen LogP contribution < -0.4 is 5.73 Å². The highest BCUT2D eigenvalue weighted by Gasteiger charge is 2.31. The molecular weight excluding hydrogens is 228 g/mol. The highest BCUT2D eigenvalue weighted by Crippen LogP contribution is 2.26. The Hall–Kier alpha value is -0.870. The maximum atomic E-state index is 12.5. The Morgan fingerprint density at radius 1 is 1.28 bits per heavy atom. The summed E-state index contributed by atoms with van der Waals surface area (Å²) in [5.74, 6) is 0.0774. The third-order valence-corrected chi connectivity index (χ3v) is 4.07. The number of amides is 1. The molecule has 0 radical (unpaired) electrons. The number of hydrogen-bond donors (Lipinski definition) is 2. The largest absolute Gasteiger partial charge is 0.395 e. The van der Waals surface area contributed by atoms with E-state index in [1.54, 1.807) is 0 Å². The summed E-state index contributed by atoms with van der Waals surface area (Å²) in [6, 6.07) is 0.338. The predicted molar refractivity (Wildman–Crippen MR) is 70.9 cm³/mol. The third-order valence-electron chi connectivity index (χ3n) is 4.07. The molecule has 2 atom stereocenters. The van der Waals surface area contributed by atoms with Crippen LogP contribution in [0.5, 0.6) is 0 Å². The van der Waals surface area contributed by atoms with E-state index in [0.29, 0.717) is 19.0 Å². The van der Waals surface area contributed by atoms with Crippen molar-refractivity contribution in [1.82, 2.24) is 4.90 Å². The quantitative estimate of drug-likeness (QED) is 0.735. The van der Waals surface area contributed by atoms with Crippen LogP contribution in [0.25, 0.3) is 0 Å². The molecule has 1 saturated carbocycles. The second kappa shape index (κ2) is 6.34. The van der Waals surface area contributed by atoms with E-state index in [4.69, 9.17) is 5.73 Å². The fraction of sp³-hybridized carbons (Fsp3) is 0.786. The van der Waals surface area contributed by atoms with E-state index < -0.39 is 0 Å². The molecule has 18 heavy (non-hydrogen) atoms. The average Bonchev–Trinajstić information content (AvgIpc) is 2.83. The Kier molecular flexibility index (Phi) is 4.78. The van der Waals surface area contributed by atoms with Gasteiger partial charge in [0.2, 0.25) is 5.91 Å². The number of hydrogen-bond acceptors (Lipinski definition) is 3. The van der Waals surface area contributed by atoms with Crippen molar-refractivity contribution in [2.45, 2.75) is 50.6 Å². The summed E-state index contributed by atoms with van der Waals surface area (Å²) < 4.78 is 0. The summed E-state index contributed by atoms with van der Waals surface area (Å²) in [6.45, 7) is 0.508. The van der Waals surface area contributed by atoms with Gasteiger partial charge in [0, 0.05) is 18.6 Å².